The summed E-state index contributed by atoms with van der Waals surface area (Å²) in [4.78, 5) is 27.3. The molecule has 0 fully saturated rings. The molecule has 1 unspecified atom stereocenters. The van der Waals surface area contributed by atoms with Gasteiger partial charge >= 0.3 is 0 Å². The van der Waals surface area contributed by atoms with Crippen LogP contribution >= 0.6 is 0 Å². The molecule has 2 aromatic rings. The lowest BCUT2D eigenvalue weighted by atomic mass is 10.1. The average Bonchev–Trinajstić information content (AvgIpc) is 2.68. The van der Waals surface area contributed by atoms with Crippen molar-refractivity contribution in [3.05, 3.63) is 71.3 Å². The fraction of sp³-hybridized carbons (Fsp3) is 0.391. The maximum Gasteiger partial charge on any atom is 0.242 e. The van der Waals surface area contributed by atoms with Gasteiger partial charge < -0.3 is 10.2 Å². The van der Waals surface area contributed by atoms with Gasteiger partial charge in [-0.1, -0.05) is 67.1 Å². The van der Waals surface area contributed by atoms with E-state index in [1.807, 2.05) is 44.2 Å². The highest BCUT2D eigenvalue weighted by atomic mass is 16.2. The van der Waals surface area contributed by atoms with E-state index in [2.05, 4.69) is 36.5 Å². The molecule has 2 aromatic carbocycles. The first-order valence-electron chi connectivity index (χ1n) is 9.71. The fourth-order valence-corrected chi connectivity index (χ4v) is 3.14. The number of amides is 2. The van der Waals surface area contributed by atoms with E-state index in [0.29, 0.717) is 32.4 Å². The van der Waals surface area contributed by atoms with Crippen molar-refractivity contribution in [1.29, 1.82) is 0 Å². The number of rotatable bonds is 9. The van der Waals surface area contributed by atoms with Crippen molar-refractivity contribution in [2.75, 3.05) is 6.54 Å². The molecule has 0 aliphatic heterocycles. The fourth-order valence-electron chi connectivity index (χ4n) is 3.14. The summed E-state index contributed by atoms with van der Waals surface area (Å²) in [5.74, 6) is -0.0721. The Morgan fingerprint density at radius 1 is 0.963 bits per heavy atom. The third kappa shape index (κ3) is 6.24. The van der Waals surface area contributed by atoms with Gasteiger partial charge in [0.1, 0.15) is 6.04 Å². The average molecular weight is 367 g/mol. The normalized spacial score (nSPS) is 11.7. The summed E-state index contributed by atoms with van der Waals surface area (Å²) < 4.78 is 0. The molecule has 0 saturated carbocycles. The van der Waals surface area contributed by atoms with Crippen LogP contribution in [0.25, 0.3) is 0 Å². The molecule has 2 amide bonds. The van der Waals surface area contributed by atoms with E-state index >= 15 is 0 Å². The molecule has 27 heavy (non-hydrogen) atoms. The lowest BCUT2D eigenvalue weighted by Gasteiger charge is -2.30. The van der Waals surface area contributed by atoms with Crippen LogP contribution in [0.5, 0.6) is 0 Å². The SMILES string of the molecule is CCNC(=O)C(CC)N(Cc1ccccc1)C(=O)CCc1ccc(C)cc1. The monoisotopic (exact) mass is 366 g/mol. The van der Waals surface area contributed by atoms with Crippen molar-refractivity contribution in [3.8, 4) is 0 Å². The Morgan fingerprint density at radius 2 is 1.63 bits per heavy atom. The largest absolute Gasteiger partial charge is 0.355 e. The van der Waals surface area contributed by atoms with Gasteiger partial charge in [0.25, 0.3) is 0 Å². The second-order valence-electron chi connectivity index (χ2n) is 6.81. The van der Waals surface area contributed by atoms with E-state index in [0.717, 1.165) is 11.1 Å². The van der Waals surface area contributed by atoms with Gasteiger partial charge in [0, 0.05) is 19.5 Å². The highest BCUT2D eigenvalue weighted by molar-refractivity contribution is 5.87. The highest BCUT2D eigenvalue weighted by Crippen LogP contribution is 2.15. The van der Waals surface area contributed by atoms with Crippen molar-refractivity contribution in [1.82, 2.24) is 10.2 Å². The highest BCUT2D eigenvalue weighted by Gasteiger charge is 2.27. The summed E-state index contributed by atoms with van der Waals surface area (Å²) in [5.41, 5.74) is 3.38. The molecule has 0 heterocycles. The second kappa shape index (κ2) is 10.5. The van der Waals surface area contributed by atoms with E-state index in [-0.39, 0.29) is 11.8 Å². The molecule has 1 atom stereocenters. The Hall–Kier alpha value is -2.62. The van der Waals surface area contributed by atoms with Gasteiger partial charge in [-0.05, 0) is 37.8 Å². The second-order valence-corrected chi connectivity index (χ2v) is 6.81. The van der Waals surface area contributed by atoms with Crippen LogP contribution in [-0.2, 0) is 22.6 Å². The molecule has 4 heteroatoms. The maximum absolute atomic E-state index is 13.0. The van der Waals surface area contributed by atoms with Crippen LogP contribution in [0.1, 0.15) is 43.4 Å². The molecule has 2 rings (SSSR count). The third-order valence-corrected chi connectivity index (χ3v) is 4.68. The topological polar surface area (TPSA) is 49.4 Å². The van der Waals surface area contributed by atoms with Crippen LogP contribution in [0.3, 0.4) is 0 Å². The van der Waals surface area contributed by atoms with Crippen molar-refractivity contribution in [3.63, 3.8) is 0 Å². The van der Waals surface area contributed by atoms with Gasteiger partial charge in [0.15, 0.2) is 0 Å². The molecular formula is C23H30N2O2. The summed E-state index contributed by atoms with van der Waals surface area (Å²) in [6.07, 6.45) is 1.66. The Morgan fingerprint density at radius 3 is 2.22 bits per heavy atom. The standard InChI is InChI=1S/C23H30N2O2/c1-4-21(23(27)24-5-2)25(17-20-9-7-6-8-10-20)22(26)16-15-19-13-11-18(3)12-14-19/h6-14,21H,4-5,15-17H2,1-3H3,(H,24,27). The first kappa shape index (κ1) is 20.7. The first-order chi connectivity index (χ1) is 13.0. The minimum absolute atomic E-state index is 0.0116. The number of benzene rings is 2. The van der Waals surface area contributed by atoms with Gasteiger partial charge in [0.2, 0.25) is 11.8 Å². The summed E-state index contributed by atoms with van der Waals surface area (Å²) >= 11 is 0. The number of aryl methyl sites for hydroxylation is 2. The number of carbonyl (C=O) groups is 2. The minimum atomic E-state index is -0.448. The molecule has 4 nitrogen and oxygen atoms in total. The van der Waals surface area contributed by atoms with Crippen molar-refractivity contribution < 1.29 is 9.59 Å². The predicted molar refractivity (Wildman–Crippen MR) is 109 cm³/mol. The van der Waals surface area contributed by atoms with E-state index < -0.39 is 6.04 Å². The molecule has 0 spiro atoms. The van der Waals surface area contributed by atoms with Crippen LogP contribution in [-0.4, -0.2) is 29.3 Å². The zero-order chi connectivity index (χ0) is 19.6. The number of likely N-dealkylation sites (N-methyl/N-ethyl adjacent to an activating group) is 1. The quantitative estimate of drug-likeness (QED) is 0.732. The Balaban J connectivity index is 2.14. The molecule has 0 bridgehead atoms. The van der Waals surface area contributed by atoms with Gasteiger partial charge in [0.05, 0.1) is 0 Å². The zero-order valence-corrected chi connectivity index (χ0v) is 16.6. The number of nitrogens with one attached hydrogen (secondary N) is 1. The Kier molecular flexibility index (Phi) is 8.05. The maximum atomic E-state index is 13.0. The summed E-state index contributed by atoms with van der Waals surface area (Å²) in [6, 6.07) is 17.6. The van der Waals surface area contributed by atoms with Crippen molar-refractivity contribution >= 4 is 11.8 Å². The van der Waals surface area contributed by atoms with E-state index in [9.17, 15) is 9.59 Å². The van der Waals surface area contributed by atoms with Gasteiger partial charge in [-0.2, -0.15) is 0 Å². The van der Waals surface area contributed by atoms with E-state index in [4.69, 9.17) is 0 Å². The predicted octanol–water partition coefficient (Wildman–Crippen LogP) is 3.87. The summed E-state index contributed by atoms with van der Waals surface area (Å²) in [5, 5.41) is 2.86. The molecule has 0 aliphatic rings. The molecule has 0 aliphatic carbocycles. The lowest BCUT2D eigenvalue weighted by Crippen LogP contribution is -2.49. The van der Waals surface area contributed by atoms with Crippen LogP contribution in [0.4, 0.5) is 0 Å². The summed E-state index contributed by atoms with van der Waals surface area (Å²) in [7, 11) is 0. The van der Waals surface area contributed by atoms with Crippen LogP contribution < -0.4 is 5.32 Å². The number of nitrogens with zero attached hydrogens (tertiary/aromatic N) is 1. The Bertz CT molecular complexity index is 726. The molecule has 144 valence electrons. The lowest BCUT2D eigenvalue weighted by molar-refractivity contribution is -0.141. The smallest absolute Gasteiger partial charge is 0.242 e. The van der Waals surface area contributed by atoms with E-state index in [1.54, 1.807) is 4.90 Å². The van der Waals surface area contributed by atoms with Crippen molar-refractivity contribution in [2.45, 2.75) is 52.6 Å². The number of carbonyl (C=O) groups excluding carboxylic acids is 2. The molecule has 0 aromatic heterocycles. The Labute approximate surface area is 162 Å². The first-order valence-corrected chi connectivity index (χ1v) is 9.71. The molecular weight excluding hydrogens is 336 g/mol. The minimum Gasteiger partial charge on any atom is -0.355 e. The van der Waals surface area contributed by atoms with E-state index in [1.165, 1.54) is 5.56 Å². The van der Waals surface area contributed by atoms with Gasteiger partial charge in [-0.3, -0.25) is 9.59 Å². The van der Waals surface area contributed by atoms with Crippen LogP contribution in [0.15, 0.2) is 54.6 Å². The van der Waals surface area contributed by atoms with Crippen LogP contribution in [0, 0.1) is 6.92 Å². The third-order valence-electron chi connectivity index (χ3n) is 4.68. The summed E-state index contributed by atoms with van der Waals surface area (Å²) in [6.45, 7) is 6.90. The van der Waals surface area contributed by atoms with Crippen molar-refractivity contribution in [2.24, 2.45) is 0 Å². The zero-order valence-electron chi connectivity index (χ0n) is 16.6. The van der Waals surface area contributed by atoms with Crippen LogP contribution in [0.2, 0.25) is 0 Å². The molecule has 0 saturated heterocycles. The molecule has 1 N–H and O–H groups in total. The van der Waals surface area contributed by atoms with Gasteiger partial charge in [-0.15, -0.1) is 0 Å². The number of hydrogen-bond acceptors (Lipinski definition) is 2. The molecule has 0 radical (unpaired) electrons. The van der Waals surface area contributed by atoms with Gasteiger partial charge in [-0.25, -0.2) is 0 Å². The number of hydrogen-bond donors (Lipinski definition) is 1.